The van der Waals surface area contributed by atoms with Crippen LogP contribution in [0.5, 0.6) is 0 Å². The second kappa shape index (κ2) is 10.7. The van der Waals surface area contributed by atoms with Gasteiger partial charge in [-0.1, -0.05) is 68.4 Å². The monoisotopic (exact) mass is 553 g/mol. The minimum atomic E-state index is -0.645. The summed E-state index contributed by atoms with van der Waals surface area (Å²) in [6.45, 7) is 23.9. The number of rotatable bonds is 8. The van der Waals surface area contributed by atoms with Gasteiger partial charge in [-0.2, -0.15) is 5.26 Å². The second-order valence-corrected chi connectivity index (χ2v) is 16.4. The molecule has 0 amide bonds. The van der Waals surface area contributed by atoms with Crippen molar-refractivity contribution in [3.05, 3.63) is 11.6 Å². The Labute approximate surface area is 243 Å². The molecule has 5 heteroatoms. The van der Waals surface area contributed by atoms with Gasteiger partial charge in [-0.3, -0.25) is 9.59 Å². The number of ketones is 2. The van der Waals surface area contributed by atoms with Crippen LogP contribution in [-0.4, -0.2) is 24.1 Å². The SMILES string of the molecule is CC(=O)C[C@@H]1[C@@]2(C)C=C(C#N)C(=O)C(C)(C)[C@@H]2CC[C@@]1(C)C(C)(C)CC[C@@]1(COC(C)=O)CCC(C)(C)CC1C. The molecular weight excluding hydrogens is 498 g/mol. The van der Waals surface area contributed by atoms with E-state index < -0.39 is 10.8 Å². The Bertz CT molecular complexity index is 1110. The Morgan fingerprint density at radius 1 is 1.07 bits per heavy atom. The fourth-order valence-electron chi connectivity index (χ4n) is 9.44. The van der Waals surface area contributed by atoms with Crippen LogP contribution in [0.2, 0.25) is 0 Å². The van der Waals surface area contributed by atoms with Crippen LogP contribution in [0, 0.1) is 61.6 Å². The fraction of sp³-hybridized carbons (Fsp3) is 0.829. The number of hydrogen-bond acceptors (Lipinski definition) is 5. The van der Waals surface area contributed by atoms with Crippen LogP contribution < -0.4 is 0 Å². The number of nitriles is 1. The Morgan fingerprint density at radius 3 is 2.23 bits per heavy atom. The van der Waals surface area contributed by atoms with Crippen LogP contribution in [0.25, 0.3) is 0 Å². The van der Waals surface area contributed by atoms with E-state index in [0.717, 1.165) is 44.9 Å². The minimum absolute atomic E-state index is 0.00843. The molecule has 0 aromatic rings. The van der Waals surface area contributed by atoms with Crippen LogP contribution in [0.15, 0.2) is 11.6 Å². The molecular formula is C35H55NO4. The Balaban J connectivity index is 2.02. The van der Waals surface area contributed by atoms with Crippen molar-refractivity contribution in [2.24, 2.45) is 50.2 Å². The molecule has 0 radical (unpaired) electrons. The van der Waals surface area contributed by atoms with Crippen molar-refractivity contribution < 1.29 is 19.1 Å². The van der Waals surface area contributed by atoms with Crippen molar-refractivity contribution >= 4 is 17.5 Å². The number of fused-ring (bicyclic) bond motifs is 1. The molecule has 3 aliphatic carbocycles. The van der Waals surface area contributed by atoms with E-state index in [0.29, 0.717) is 18.9 Å². The molecule has 0 aromatic carbocycles. The molecule has 0 N–H and O–H groups in total. The standard InChI is InChI=1S/C35H55NO4/c1-23-19-30(4,5)14-16-35(23,22-40-25(3)38)17-15-31(6,7)34(11)13-12-27-32(8,9)29(39)26(21-36)20-33(27,10)28(34)18-24(2)37/h20,23,27-28H,12-19,22H2,1-11H3/t23?,27-,28+,33-,34+,35+/m0/s1. The zero-order chi connectivity index (χ0) is 30.5. The summed E-state index contributed by atoms with van der Waals surface area (Å²) in [5.41, 5.74) is -0.905. The number of esters is 1. The van der Waals surface area contributed by atoms with E-state index in [9.17, 15) is 19.6 Å². The van der Waals surface area contributed by atoms with Gasteiger partial charge in [0, 0.05) is 24.2 Å². The van der Waals surface area contributed by atoms with Crippen LogP contribution in [0.1, 0.15) is 128 Å². The summed E-state index contributed by atoms with van der Waals surface area (Å²) >= 11 is 0. The molecule has 2 saturated carbocycles. The number of carbonyl (C=O) groups is 3. The van der Waals surface area contributed by atoms with E-state index in [1.165, 1.54) is 6.92 Å². The van der Waals surface area contributed by atoms with E-state index in [1.807, 2.05) is 19.9 Å². The lowest BCUT2D eigenvalue weighted by Crippen LogP contribution is -2.60. The Hall–Kier alpha value is -1.96. The highest BCUT2D eigenvalue weighted by Gasteiger charge is 2.63. The highest BCUT2D eigenvalue weighted by Crippen LogP contribution is 2.68. The largest absolute Gasteiger partial charge is 0.465 e. The average Bonchev–Trinajstić information content (AvgIpc) is 2.82. The average molecular weight is 554 g/mol. The first-order chi connectivity index (χ1) is 18.2. The normalized spacial score (nSPS) is 37.1. The summed E-state index contributed by atoms with van der Waals surface area (Å²) in [6.07, 6.45) is 9.42. The number of Topliss-reactive ketones (excluding diaryl/α,β-unsaturated/α-hetero) is 2. The molecule has 0 aliphatic heterocycles. The van der Waals surface area contributed by atoms with Crippen molar-refractivity contribution in [3.63, 3.8) is 0 Å². The van der Waals surface area contributed by atoms with Gasteiger partial charge in [0.2, 0.25) is 0 Å². The molecule has 3 rings (SSSR count). The predicted octanol–water partition coefficient (Wildman–Crippen LogP) is 8.27. The zero-order valence-electron chi connectivity index (χ0n) is 27.3. The number of allylic oxidation sites excluding steroid dienone is 2. The lowest BCUT2D eigenvalue weighted by Gasteiger charge is -2.64. The maximum absolute atomic E-state index is 13.3. The fourth-order valence-corrected chi connectivity index (χ4v) is 9.44. The summed E-state index contributed by atoms with van der Waals surface area (Å²) in [5, 5.41) is 9.92. The summed E-state index contributed by atoms with van der Waals surface area (Å²) < 4.78 is 5.72. The highest BCUT2D eigenvalue weighted by molar-refractivity contribution is 6.04. The van der Waals surface area contributed by atoms with Crippen molar-refractivity contribution in [3.8, 4) is 6.07 Å². The predicted molar refractivity (Wildman–Crippen MR) is 159 cm³/mol. The first-order valence-electron chi connectivity index (χ1n) is 15.5. The van der Waals surface area contributed by atoms with Gasteiger partial charge in [0.15, 0.2) is 5.78 Å². The van der Waals surface area contributed by atoms with Crippen LogP contribution >= 0.6 is 0 Å². The van der Waals surface area contributed by atoms with Crippen LogP contribution in [0.3, 0.4) is 0 Å². The number of carbonyl (C=O) groups excluding carboxylic acids is 3. The van der Waals surface area contributed by atoms with Crippen molar-refractivity contribution in [1.29, 1.82) is 5.26 Å². The molecule has 6 atom stereocenters. The Morgan fingerprint density at radius 2 is 1.70 bits per heavy atom. The quantitative estimate of drug-likeness (QED) is 0.282. The maximum Gasteiger partial charge on any atom is 0.302 e. The lowest BCUT2D eigenvalue weighted by atomic mass is 9.39. The summed E-state index contributed by atoms with van der Waals surface area (Å²) in [5.74, 6) is 0.396. The first-order valence-corrected chi connectivity index (χ1v) is 15.5. The van der Waals surface area contributed by atoms with Gasteiger partial charge in [0.25, 0.3) is 0 Å². The molecule has 2 fully saturated rings. The first kappa shape index (κ1) is 32.6. The van der Waals surface area contributed by atoms with Crippen LogP contribution in [0.4, 0.5) is 0 Å². The zero-order valence-corrected chi connectivity index (χ0v) is 27.3. The number of hydrogen-bond donors (Lipinski definition) is 0. The lowest BCUT2D eigenvalue weighted by molar-refractivity contribution is -0.158. The molecule has 1 unspecified atom stereocenters. The smallest absolute Gasteiger partial charge is 0.302 e. The molecule has 0 saturated heterocycles. The number of ether oxygens (including phenoxy) is 1. The van der Waals surface area contributed by atoms with E-state index >= 15 is 0 Å². The van der Waals surface area contributed by atoms with Gasteiger partial charge in [0.1, 0.15) is 11.9 Å². The van der Waals surface area contributed by atoms with E-state index in [2.05, 4.69) is 54.5 Å². The maximum atomic E-state index is 13.3. The van der Waals surface area contributed by atoms with Crippen molar-refractivity contribution in [1.82, 2.24) is 0 Å². The van der Waals surface area contributed by atoms with Gasteiger partial charge in [-0.05, 0) is 91.3 Å². The third-order valence-corrected chi connectivity index (χ3v) is 12.6. The van der Waals surface area contributed by atoms with Crippen molar-refractivity contribution in [2.75, 3.05) is 6.61 Å². The molecule has 5 nitrogen and oxygen atoms in total. The molecule has 0 bridgehead atoms. The third-order valence-electron chi connectivity index (χ3n) is 12.6. The van der Waals surface area contributed by atoms with Crippen molar-refractivity contribution in [2.45, 2.75) is 128 Å². The third kappa shape index (κ3) is 5.58. The van der Waals surface area contributed by atoms with Gasteiger partial charge in [-0.15, -0.1) is 0 Å². The van der Waals surface area contributed by atoms with E-state index in [4.69, 9.17) is 4.74 Å². The molecule has 224 valence electrons. The van der Waals surface area contributed by atoms with Gasteiger partial charge >= 0.3 is 5.97 Å². The molecule has 3 aliphatic rings. The van der Waals surface area contributed by atoms with Crippen LogP contribution in [-0.2, 0) is 19.1 Å². The topological polar surface area (TPSA) is 84.2 Å². The summed E-state index contributed by atoms with van der Waals surface area (Å²) in [7, 11) is 0. The number of nitrogens with zero attached hydrogens (tertiary/aromatic N) is 1. The molecule has 0 spiro atoms. The molecule has 0 heterocycles. The summed E-state index contributed by atoms with van der Waals surface area (Å²) in [4.78, 5) is 38.0. The minimum Gasteiger partial charge on any atom is -0.465 e. The van der Waals surface area contributed by atoms with E-state index in [1.54, 1.807) is 6.92 Å². The van der Waals surface area contributed by atoms with Gasteiger partial charge in [-0.25, -0.2) is 0 Å². The van der Waals surface area contributed by atoms with E-state index in [-0.39, 0.29) is 56.6 Å². The van der Waals surface area contributed by atoms with Gasteiger partial charge < -0.3 is 9.53 Å². The van der Waals surface area contributed by atoms with Gasteiger partial charge in [0.05, 0.1) is 12.2 Å². The summed E-state index contributed by atoms with van der Waals surface area (Å²) in [6, 6.07) is 2.20. The second-order valence-electron chi connectivity index (χ2n) is 16.4. The highest BCUT2D eigenvalue weighted by atomic mass is 16.5. The molecule has 40 heavy (non-hydrogen) atoms. The molecule has 0 aromatic heterocycles. The Kier molecular flexibility index (Phi) is 8.71.